The van der Waals surface area contributed by atoms with Gasteiger partial charge in [0.25, 0.3) is 0 Å². The minimum atomic E-state index is -0.958. The van der Waals surface area contributed by atoms with E-state index in [1.165, 1.54) is 0 Å². The molecule has 5 N–H and O–H groups in total. The molecular weight excluding hydrogens is 358 g/mol. The van der Waals surface area contributed by atoms with Gasteiger partial charge in [-0.05, 0) is 23.3 Å². The highest BCUT2D eigenvalue weighted by Crippen LogP contribution is 2.29. The molecule has 0 heterocycles. The van der Waals surface area contributed by atoms with Crippen molar-refractivity contribution in [2.24, 2.45) is 28.7 Å². The number of hydrogen-bond acceptors (Lipinski definition) is 5. The van der Waals surface area contributed by atoms with Crippen LogP contribution in [0.3, 0.4) is 0 Å². The van der Waals surface area contributed by atoms with Crippen molar-refractivity contribution in [1.82, 2.24) is 5.32 Å². The molecule has 2 amide bonds. The fourth-order valence-corrected chi connectivity index (χ4v) is 2.83. The zero-order valence-electron chi connectivity index (χ0n) is 17.4. The zero-order chi connectivity index (χ0) is 21.5. The van der Waals surface area contributed by atoms with Gasteiger partial charge in [-0.2, -0.15) is 0 Å². The molecule has 7 nitrogen and oxygen atoms in total. The van der Waals surface area contributed by atoms with E-state index in [1.54, 1.807) is 0 Å². The van der Waals surface area contributed by atoms with Gasteiger partial charge in [0, 0.05) is 5.92 Å². The van der Waals surface area contributed by atoms with Crippen molar-refractivity contribution >= 4 is 17.8 Å². The first-order chi connectivity index (χ1) is 12.9. The van der Waals surface area contributed by atoms with Crippen LogP contribution in [-0.2, 0) is 25.7 Å². The van der Waals surface area contributed by atoms with E-state index >= 15 is 0 Å². The lowest BCUT2D eigenvalue weighted by molar-refractivity contribution is -0.150. The topological polar surface area (TPSA) is 125 Å². The highest BCUT2D eigenvalue weighted by atomic mass is 16.5. The molecule has 1 rings (SSSR count). The number of carbonyl (C=O) groups is 3. The summed E-state index contributed by atoms with van der Waals surface area (Å²) in [7, 11) is 0. The molecule has 0 aromatic heterocycles. The van der Waals surface area contributed by atoms with E-state index in [-0.39, 0.29) is 18.9 Å². The van der Waals surface area contributed by atoms with Gasteiger partial charge in [0.2, 0.25) is 11.8 Å². The summed E-state index contributed by atoms with van der Waals surface area (Å²) in [5.74, 6) is -2.28. The maximum absolute atomic E-state index is 12.5. The van der Waals surface area contributed by atoms with Gasteiger partial charge in [-0.1, -0.05) is 65.0 Å². The van der Waals surface area contributed by atoms with Crippen LogP contribution in [0.25, 0.3) is 0 Å². The van der Waals surface area contributed by atoms with Crippen LogP contribution in [-0.4, -0.2) is 29.9 Å². The Morgan fingerprint density at radius 1 is 1.11 bits per heavy atom. The fourth-order valence-electron chi connectivity index (χ4n) is 2.83. The Hall–Kier alpha value is -2.41. The van der Waals surface area contributed by atoms with E-state index < -0.39 is 41.2 Å². The standard InChI is InChI=1S/C21H33N3O4/c1-13(2)17(20(27)28-12-14-9-7-6-8-10-14)24-19(26)16(22)11-15(18(23)25)21(3,4)5/h6-10,13,15-17H,11-12,22H2,1-5H3,(H2,23,25)(H,24,26)/t15?,16-,17-/m0/s1. The average molecular weight is 392 g/mol. The van der Waals surface area contributed by atoms with Crippen LogP contribution in [0.5, 0.6) is 0 Å². The SMILES string of the molecule is CC(C)[C@H](NC(=O)[C@@H](N)CC(C(N)=O)C(C)(C)C)C(=O)OCc1ccccc1. The minimum Gasteiger partial charge on any atom is -0.459 e. The van der Waals surface area contributed by atoms with E-state index in [2.05, 4.69) is 5.32 Å². The quantitative estimate of drug-likeness (QED) is 0.553. The number of ether oxygens (including phenoxy) is 1. The number of esters is 1. The number of primary amides is 1. The maximum Gasteiger partial charge on any atom is 0.329 e. The highest BCUT2D eigenvalue weighted by molar-refractivity contribution is 5.88. The van der Waals surface area contributed by atoms with Crippen molar-refractivity contribution in [3.63, 3.8) is 0 Å². The predicted molar refractivity (Wildman–Crippen MR) is 108 cm³/mol. The van der Waals surface area contributed by atoms with E-state index in [4.69, 9.17) is 16.2 Å². The number of rotatable bonds is 9. The Labute approximate surface area is 167 Å². The molecule has 0 aliphatic heterocycles. The summed E-state index contributed by atoms with van der Waals surface area (Å²) in [5, 5.41) is 2.66. The lowest BCUT2D eigenvalue weighted by Crippen LogP contribution is -2.52. The molecule has 28 heavy (non-hydrogen) atoms. The summed E-state index contributed by atoms with van der Waals surface area (Å²) in [4.78, 5) is 36.7. The number of nitrogens with one attached hydrogen (secondary N) is 1. The van der Waals surface area contributed by atoms with Gasteiger partial charge in [-0.15, -0.1) is 0 Å². The number of hydrogen-bond donors (Lipinski definition) is 3. The van der Waals surface area contributed by atoms with Crippen LogP contribution in [0.2, 0.25) is 0 Å². The molecule has 0 aliphatic carbocycles. The lowest BCUT2D eigenvalue weighted by atomic mass is 9.76. The summed E-state index contributed by atoms with van der Waals surface area (Å²) in [6, 6.07) is 7.50. The lowest BCUT2D eigenvalue weighted by Gasteiger charge is -2.30. The summed E-state index contributed by atoms with van der Waals surface area (Å²) in [6.07, 6.45) is 0.106. The zero-order valence-corrected chi connectivity index (χ0v) is 17.4. The van der Waals surface area contributed by atoms with Crippen LogP contribution < -0.4 is 16.8 Å². The van der Waals surface area contributed by atoms with Gasteiger partial charge in [0.15, 0.2) is 0 Å². The molecule has 0 fully saturated rings. The highest BCUT2D eigenvalue weighted by Gasteiger charge is 2.34. The van der Waals surface area contributed by atoms with Gasteiger partial charge in [-0.25, -0.2) is 4.79 Å². The van der Waals surface area contributed by atoms with Crippen molar-refractivity contribution in [3.8, 4) is 0 Å². The molecule has 0 radical (unpaired) electrons. The molecule has 1 aromatic rings. The van der Waals surface area contributed by atoms with Crippen molar-refractivity contribution in [1.29, 1.82) is 0 Å². The largest absolute Gasteiger partial charge is 0.459 e. The molecule has 1 aromatic carbocycles. The van der Waals surface area contributed by atoms with Gasteiger partial charge in [0.1, 0.15) is 12.6 Å². The van der Waals surface area contributed by atoms with Crippen LogP contribution >= 0.6 is 0 Å². The smallest absolute Gasteiger partial charge is 0.329 e. The number of benzene rings is 1. The number of carbonyl (C=O) groups excluding carboxylic acids is 3. The summed E-state index contributed by atoms with van der Waals surface area (Å²) < 4.78 is 5.34. The summed E-state index contributed by atoms with van der Waals surface area (Å²) in [6.45, 7) is 9.34. The van der Waals surface area contributed by atoms with Crippen molar-refractivity contribution in [2.45, 2.75) is 59.7 Å². The second-order valence-electron chi connectivity index (χ2n) is 8.49. The Bertz CT molecular complexity index is 668. The Balaban J connectivity index is 2.72. The third-order valence-corrected chi connectivity index (χ3v) is 4.66. The van der Waals surface area contributed by atoms with E-state index in [0.29, 0.717) is 0 Å². The van der Waals surface area contributed by atoms with Gasteiger partial charge >= 0.3 is 5.97 Å². The molecule has 0 saturated heterocycles. The van der Waals surface area contributed by atoms with Crippen molar-refractivity contribution in [3.05, 3.63) is 35.9 Å². The first kappa shape index (κ1) is 23.6. The molecule has 3 atom stereocenters. The predicted octanol–water partition coefficient (Wildman–Crippen LogP) is 1.74. The molecule has 0 bridgehead atoms. The minimum absolute atomic E-state index is 0.106. The Morgan fingerprint density at radius 2 is 1.68 bits per heavy atom. The molecule has 0 spiro atoms. The Kier molecular flexibility index (Phi) is 8.63. The molecule has 7 heteroatoms. The van der Waals surface area contributed by atoms with Crippen LogP contribution in [0, 0.1) is 17.3 Å². The number of amides is 2. The summed E-state index contributed by atoms with van der Waals surface area (Å²) in [5.41, 5.74) is 11.9. The summed E-state index contributed by atoms with van der Waals surface area (Å²) >= 11 is 0. The van der Waals surface area contributed by atoms with Gasteiger partial charge in [0.05, 0.1) is 6.04 Å². The average Bonchev–Trinajstić information content (AvgIpc) is 2.60. The van der Waals surface area contributed by atoms with Gasteiger partial charge < -0.3 is 21.5 Å². The third-order valence-electron chi connectivity index (χ3n) is 4.66. The normalized spacial score (nSPS) is 14.8. The van der Waals surface area contributed by atoms with E-state index in [0.717, 1.165) is 5.56 Å². The Morgan fingerprint density at radius 3 is 2.14 bits per heavy atom. The molecule has 0 aliphatic rings. The second-order valence-corrected chi connectivity index (χ2v) is 8.49. The molecular formula is C21H33N3O4. The fraction of sp³-hybridized carbons (Fsp3) is 0.571. The first-order valence-electron chi connectivity index (χ1n) is 9.49. The monoisotopic (exact) mass is 391 g/mol. The second kappa shape index (κ2) is 10.2. The van der Waals surface area contributed by atoms with Crippen LogP contribution in [0.1, 0.15) is 46.6 Å². The van der Waals surface area contributed by atoms with Crippen LogP contribution in [0.15, 0.2) is 30.3 Å². The van der Waals surface area contributed by atoms with Crippen LogP contribution in [0.4, 0.5) is 0 Å². The van der Waals surface area contributed by atoms with Crippen molar-refractivity contribution in [2.75, 3.05) is 0 Å². The molecule has 1 unspecified atom stereocenters. The molecule has 156 valence electrons. The maximum atomic E-state index is 12.5. The van der Waals surface area contributed by atoms with E-state index in [9.17, 15) is 14.4 Å². The number of nitrogens with two attached hydrogens (primary N) is 2. The van der Waals surface area contributed by atoms with Crippen molar-refractivity contribution < 1.29 is 19.1 Å². The third kappa shape index (κ3) is 7.31. The first-order valence-corrected chi connectivity index (χ1v) is 9.49. The van der Waals surface area contributed by atoms with Gasteiger partial charge in [-0.3, -0.25) is 9.59 Å². The molecule has 0 saturated carbocycles. The van der Waals surface area contributed by atoms with E-state index in [1.807, 2.05) is 65.0 Å².